The van der Waals surface area contributed by atoms with Gasteiger partial charge in [-0.05, 0) is 29.7 Å². The molecular weight excluding hydrogens is 432 g/mol. The molecule has 174 valence electrons. The van der Waals surface area contributed by atoms with E-state index in [2.05, 4.69) is 5.32 Å². The van der Waals surface area contributed by atoms with Crippen LogP contribution in [0.3, 0.4) is 0 Å². The highest BCUT2D eigenvalue weighted by atomic mass is 32.2. The van der Waals surface area contributed by atoms with Gasteiger partial charge in [0.15, 0.2) is 6.61 Å². The average molecular weight is 463 g/mol. The fourth-order valence-electron chi connectivity index (χ4n) is 3.14. The Labute approximate surface area is 189 Å². The van der Waals surface area contributed by atoms with Gasteiger partial charge in [-0.3, -0.25) is 4.79 Å². The summed E-state index contributed by atoms with van der Waals surface area (Å²) in [4.78, 5) is 24.4. The number of ether oxygens (including phenoxy) is 2. The zero-order chi connectivity index (χ0) is 23.7. The van der Waals surface area contributed by atoms with Crippen LogP contribution in [0.5, 0.6) is 5.75 Å². The highest BCUT2D eigenvalue weighted by Gasteiger charge is 2.27. The van der Waals surface area contributed by atoms with E-state index >= 15 is 0 Å². The van der Waals surface area contributed by atoms with Gasteiger partial charge in [0.1, 0.15) is 10.6 Å². The van der Waals surface area contributed by atoms with E-state index < -0.39 is 28.5 Å². The first-order chi connectivity index (χ1) is 15.2. The predicted molar refractivity (Wildman–Crippen MR) is 121 cm³/mol. The van der Waals surface area contributed by atoms with Crippen molar-refractivity contribution in [2.75, 3.05) is 33.4 Å². The molecule has 2 aromatic rings. The molecule has 0 bridgehead atoms. The van der Waals surface area contributed by atoms with Crippen LogP contribution in [0.4, 0.5) is 0 Å². The van der Waals surface area contributed by atoms with Crippen molar-refractivity contribution in [3.8, 4) is 5.75 Å². The van der Waals surface area contributed by atoms with E-state index in [1.54, 1.807) is 13.8 Å². The third kappa shape index (κ3) is 6.30. The Morgan fingerprint density at radius 1 is 1.06 bits per heavy atom. The van der Waals surface area contributed by atoms with Gasteiger partial charge in [-0.15, -0.1) is 0 Å². The molecule has 0 fully saturated rings. The lowest BCUT2D eigenvalue weighted by atomic mass is 10.0. The second-order valence-corrected chi connectivity index (χ2v) is 9.05. The van der Waals surface area contributed by atoms with Gasteiger partial charge < -0.3 is 14.8 Å². The fraction of sp³-hybridized carbons (Fsp3) is 0.391. The molecule has 0 radical (unpaired) electrons. The van der Waals surface area contributed by atoms with Gasteiger partial charge in [-0.25, -0.2) is 13.2 Å². The summed E-state index contributed by atoms with van der Waals surface area (Å²) < 4.78 is 37.3. The molecule has 8 nitrogen and oxygen atoms in total. The lowest BCUT2D eigenvalue weighted by Crippen LogP contribution is -2.32. The molecule has 1 unspecified atom stereocenters. The van der Waals surface area contributed by atoms with Gasteiger partial charge >= 0.3 is 5.97 Å². The van der Waals surface area contributed by atoms with Gasteiger partial charge in [0.2, 0.25) is 10.0 Å². The molecule has 0 spiro atoms. The summed E-state index contributed by atoms with van der Waals surface area (Å²) in [5.41, 5.74) is 1.10. The predicted octanol–water partition coefficient (Wildman–Crippen LogP) is 2.80. The first-order valence-electron chi connectivity index (χ1n) is 10.4. The van der Waals surface area contributed by atoms with Crippen molar-refractivity contribution in [2.24, 2.45) is 0 Å². The van der Waals surface area contributed by atoms with Gasteiger partial charge in [-0.1, -0.05) is 51.1 Å². The molecule has 9 heteroatoms. The van der Waals surface area contributed by atoms with Crippen molar-refractivity contribution in [2.45, 2.75) is 31.6 Å². The molecule has 2 rings (SSSR count). The fourth-order valence-corrected chi connectivity index (χ4v) is 4.78. The Bertz CT molecular complexity index is 1020. The molecule has 0 heterocycles. The number of nitrogens with one attached hydrogen (secondary N) is 1. The van der Waals surface area contributed by atoms with Crippen molar-refractivity contribution in [3.63, 3.8) is 0 Å². The van der Waals surface area contributed by atoms with Crippen LogP contribution in [0.25, 0.3) is 0 Å². The summed E-state index contributed by atoms with van der Waals surface area (Å²) in [6.07, 6.45) is 0. The number of methoxy groups -OCH3 is 1. The van der Waals surface area contributed by atoms with E-state index in [1.807, 2.05) is 37.3 Å². The molecule has 0 saturated heterocycles. The summed E-state index contributed by atoms with van der Waals surface area (Å²) in [6.45, 7) is 5.92. The lowest BCUT2D eigenvalue weighted by Gasteiger charge is -2.20. The zero-order valence-corrected chi connectivity index (χ0v) is 19.6. The Morgan fingerprint density at radius 2 is 1.72 bits per heavy atom. The van der Waals surface area contributed by atoms with Crippen LogP contribution in [-0.2, 0) is 19.6 Å². The number of rotatable bonds is 11. The number of carbonyl (C=O) groups is 2. The number of nitrogens with zero attached hydrogens (tertiary/aromatic N) is 1. The van der Waals surface area contributed by atoms with Crippen LogP contribution in [0, 0.1) is 0 Å². The molecule has 0 aliphatic carbocycles. The quantitative estimate of drug-likeness (QED) is 0.515. The van der Waals surface area contributed by atoms with E-state index in [0.29, 0.717) is 6.54 Å². The first-order valence-corrected chi connectivity index (χ1v) is 11.9. The third-order valence-corrected chi connectivity index (χ3v) is 7.10. The summed E-state index contributed by atoms with van der Waals surface area (Å²) in [6, 6.07) is 13.7. The number of benzene rings is 2. The average Bonchev–Trinajstić information content (AvgIpc) is 2.81. The maximum Gasteiger partial charge on any atom is 0.338 e. The molecule has 0 aliphatic rings. The van der Waals surface area contributed by atoms with Gasteiger partial charge in [0.05, 0.1) is 12.7 Å². The minimum absolute atomic E-state index is 0.0157. The lowest BCUT2D eigenvalue weighted by molar-refractivity contribution is -0.124. The van der Waals surface area contributed by atoms with E-state index in [-0.39, 0.29) is 35.2 Å². The third-order valence-electron chi connectivity index (χ3n) is 5.03. The molecular formula is C23H30N2O6S. The summed E-state index contributed by atoms with van der Waals surface area (Å²) >= 11 is 0. The molecule has 0 aromatic heterocycles. The molecule has 32 heavy (non-hydrogen) atoms. The second kappa shape index (κ2) is 11.6. The number of amides is 1. The molecule has 1 amide bonds. The largest absolute Gasteiger partial charge is 0.495 e. The number of carbonyl (C=O) groups excluding carboxylic acids is 2. The summed E-state index contributed by atoms with van der Waals surface area (Å²) in [5.74, 6) is -1.01. The van der Waals surface area contributed by atoms with Crippen LogP contribution >= 0.6 is 0 Å². The molecule has 1 atom stereocenters. The Hall–Kier alpha value is -2.91. The normalized spacial score (nSPS) is 12.3. The maximum absolute atomic E-state index is 12.9. The van der Waals surface area contributed by atoms with Crippen molar-refractivity contribution in [1.82, 2.24) is 9.62 Å². The maximum atomic E-state index is 12.9. The zero-order valence-electron chi connectivity index (χ0n) is 18.8. The molecule has 2 aromatic carbocycles. The van der Waals surface area contributed by atoms with Crippen molar-refractivity contribution < 1.29 is 27.5 Å². The summed E-state index contributed by atoms with van der Waals surface area (Å²) in [7, 11) is -2.50. The number of esters is 1. The van der Waals surface area contributed by atoms with Gasteiger partial charge in [0.25, 0.3) is 5.91 Å². The Morgan fingerprint density at radius 3 is 2.31 bits per heavy atom. The van der Waals surface area contributed by atoms with Crippen LogP contribution in [0.1, 0.15) is 42.6 Å². The smallest absolute Gasteiger partial charge is 0.338 e. The number of hydrogen-bond acceptors (Lipinski definition) is 6. The second-order valence-electron chi connectivity index (χ2n) is 7.15. The Balaban J connectivity index is 2.03. The van der Waals surface area contributed by atoms with Crippen LogP contribution in [0.15, 0.2) is 53.4 Å². The SMILES string of the molecule is CCN(CC)S(=O)(=O)c1cc(C(=O)OCC(=O)NCC(C)c2ccccc2)ccc1OC. The van der Waals surface area contributed by atoms with Crippen LogP contribution in [0.2, 0.25) is 0 Å². The van der Waals surface area contributed by atoms with E-state index in [1.165, 1.54) is 29.6 Å². The van der Waals surface area contributed by atoms with Crippen molar-refractivity contribution in [1.29, 1.82) is 0 Å². The number of hydrogen-bond donors (Lipinski definition) is 1. The van der Waals surface area contributed by atoms with E-state index in [4.69, 9.17) is 9.47 Å². The van der Waals surface area contributed by atoms with Crippen LogP contribution in [-0.4, -0.2) is 58.0 Å². The van der Waals surface area contributed by atoms with Gasteiger partial charge in [-0.2, -0.15) is 4.31 Å². The molecule has 0 saturated carbocycles. The highest BCUT2D eigenvalue weighted by molar-refractivity contribution is 7.89. The monoisotopic (exact) mass is 462 g/mol. The number of sulfonamides is 1. The molecule has 1 N–H and O–H groups in total. The van der Waals surface area contributed by atoms with Crippen molar-refractivity contribution in [3.05, 3.63) is 59.7 Å². The van der Waals surface area contributed by atoms with Crippen molar-refractivity contribution >= 4 is 21.9 Å². The first kappa shape index (κ1) is 25.4. The Kier molecular flexibility index (Phi) is 9.22. The highest BCUT2D eigenvalue weighted by Crippen LogP contribution is 2.28. The summed E-state index contributed by atoms with van der Waals surface area (Å²) in [5, 5.41) is 2.73. The van der Waals surface area contributed by atoms with E-state index in [9.17, 15) is 18.0 Å². The topological polar surface area (TPSA) is 102 Å². The standard InChI is InChI=1S/C23H30N2O6S/c1-5-25(6-2)32(28,29)21-14-19(12-13-20(21)30-4)23(27)31-16-22(26)24-15-17(3)18-10-8-7-9-11-18/h7-14,17H,5-6,15-16H2,1-4H3,(H,24,26). The molecule has 0 aliphatic heterocycles. The van der Waals surface area contributed by atoms with E-state index in [0.717, 1.165) is 5.56 Å². The minimum Gasteiger partial charge on any atom is -0.495 e. The minimum atomic E-state index is -3.85. The van der Waals surface area contributed by atoms with Crippen LogP contribution < -0.4 is 10.1 Å². The van der Waals surface area contributed by atoms with Gasteiger partial charge in [0, 0.05) is 19.6 Å².